The number of ether oxygens (including phenoxy) is 1. The molecule has 0 saturated carbocycles. The second-order valence-electron chi connectivity index (χ2n) is 4.41. The van der Waals surface area contributed by atoms with Gasteiger partial charge in [0.25, 0.3) is 0 Å². The summed E-state index contributed by atoms with van der Waals surface area (Å²) in [6.07, 6.45) is 0. The molecular formula is C14H18N4O2S2. The Morgan fingerprint density at radius 2 is 2.09 bits per heavy atom. The lowest BCUT2D eigenvalue weighted by molar-refractivity contribution is -0.118. The van der Waals surface area contributed by atoms with Crippen molar-refractivity contribution in [1.29, 1.82) is 0 Å². The number of nitrogens with zero attached hydrogens (tertiary/aromatic N) is 2. The van der Waals surface area contributed by atoms with Crippen LogP contribution in [0.15, 0.2) is 28.6 Å². The predicted molar refractivity (Wildman–Crippen MR) is 89.6 cm³/mol. The molecule has 0 fully saturated rings. The molecule has 8 heteroatoms. The van der Waals surface area contributed by atoms with E-state index in [1.54, 1.807) is 18.9 Å². The van der Waals surface area contributed by atoms with E-state index < -0.39 is 0 Å². The summed E-state index contributed by atoms with van der Waals surface area (Å²) >= 11 is 3.09. The average molecular weight is 338 g/mol. The van der Waals surface area contributed by atoms with Crippen LogP contribution < -0.4 is 15.4 Å². The van der Waals surface area contributed by atoms with Crippen LogP contribution in [0.4, 0.5) is 5.13 Å². The van der Waals surface area contributed by atoms with Gasteiger partial charge >= 0.3 is 0 Å². The van der Waals surface area contributed by atoms with Crippen LogP contribution in [-0.4, -0.2) is 35.5 Å². The van der Waals surface area contributed by atoms with Gasteiger partial charge in [-0.15, -0.1) is 10.2 Å². The Balaban J connectivity index is 1.75. The number of thioether (sulfide) groups is 1. The summed E-state index contributed by atoms with van der Waals surface area (Å²) in [6.45, 7) is 2.83. The van der Waals surface area contributed by atoms with Gasteiger partial charge in [-0.2, -0.15) is 0 Å². The SMILES string of the molecule is COc1ccc(CNc2nnc(SCCNC(C)=O)s2)cc1. The van der Waals surface area contributed by atoms with Crippen molar-refractivity contribution in [3.05, 3.63) is 29.8 Å². The van der Waals surface area contributed by atoms with Gasteiger partial charge in [-0.1, -0.05) is 35.2 Å². The Bertz CT molecular complexity index is 601. The van der Waals surface area contributed by atoms with E-state index in [1.165, 1.54) is 18.3 Å². The van der Waals surface area contributed by atoms with Crippen molar-refractivity contribution in [1.82, 2.24) is 15.5 Å². The molecule has 0 radical (unpaired) electrons. The van der Waals surface area contributed by atoms with E-state index in [0.29, 0.717) is 13.1 Å². The van der Waals surface area contributed by atoms with Crippen LogP contribution in [0, 0.1) is 0 Å². The third kappa shape index (κ3) is 5.53. The number of nitrogens with one attached hydrogen (secondary N) is 2. The molecule has 0 aliphatic rings. The molecule has 2 rings (SSSR count). The standard InChI is InChI=1S/C14H18N4O2S2/c1-10(19)15-7-8-21-14-18-17-13(22-14)16-9-11-3-5-12(20-2)6-4-11/h3-6H,7-9H2,1-2H3,(H,15,19)(H,16,17). The molecule has 1 amide bonds. The number of aromatic nitrogens is 2. The number of benzene rings is 1. The Morgan fingerprint density at radius 3 is 2.77 bits per heavy atom. The van der Waals surface area contributed by atoms with Crippen LogP contribution in [0.5, 0.6) is 5.75 Å². The van der Waals surface area contributed by atoms with Crippen molar-refractivity contribution >= 4 is 34.1 Å². The number of rotatable bonds is 8. The van der Waals surface area contributed by atoms with Gasteiger partial charge < -0.3 is 15.4 Å². The van der Waals surface area contributed by atoms with Crippen molar-refractivity contribution in [3.63, 3.8) is 0 Å². The molecule has 0 aliphatic carbocycles. The molecule has 0 saturated heterocycles. The summed E-state index contributed by atoms with van der Waals surface area (Å²) < 4.78 is 6.02. The maximum atomic E-state index is 10.8. The number of amides is 1. The van der Waals surface area contributed by atoms with Gasteiger partial charge in [0.2, 0.25) is 11.0 Å². The van der Waals surface area contributed by atoms with E-state index in [0.717, 1.165) is 26.5 Å². The fourth-order valence-corrected chi connectivity index (χ4v) is 3.30. The third-order valence-corrected chi connectivity index (χ3v) is 4.73. The van der Waals surface area contributed by atoms with E-state index in [1.807, 2.05) is 24.3 Å². The number of hydrogen-bond donors (Lipinski definition) is 2. The lowest BCUT2D eigenvalue weighted by Crippen LogP contribution is -2.22. The highest BCUT2D eigenvalue weighted by Gasteiger charge is 2.04. The van der Waals surface area contributed by atoms with Gasteiger partial charge in [0.05, 0.1) is 7.11 Å². The molecule has 1 aromatic carbocycles. The average Bonchev–Trinajstić information content (AvgIpc) is 2.98. The first kappa shape index (κ1) is 16.6. The second kappa shape index (κ2) is 8.60. The fourth-order valence-electron chi connectivity index (χ4n) is 1.63. The Kier molecular flexibility index (Phi) is 6.47. The van der Waals surface area contributed by atoms with Gasteiger partial charge in [0.15, 0.2) is 4.34 Å². The first-order valence-corrected chi connectivity index (χ1v) is 8.55. The number of methoxy groups -OCH3 is 1. The molecule has 2 N–H and O–H groups in total. The van der Waals surface area contributed by atoms with Crippen LogP contribution in [0.1, 0.15) is 12.5 Å². The van der Waals surface area contributed by atoms with E-state index in [2.05, 4.69) is 20.8 Å². The Hall–Kier alpha value is -1.80. The smallest absolute Gasteiger partial charge is 0.216 e. The summed E-state index contributed by atoms with van der Waals surface area (Å²) in [5.74, 6) is 1.62. The predicted octanol–water partition coefficient (Wildman–Crippen LogP) is 2.39. The highest BCUT2D eigenvalue weighted by Crippen LogP contribution is 2.25. The number of carbonyl (C=O) groups excluding carboxylic acids is 1. The summed E-state index contributed by atoms with van der Waals surface area (Å²) in [5, 5.41) is 15.0. The molecule has 22 heavy (non-hydrogen) atoms. The topological polar surface area (TPSA) is 76.1 Å². The van der Waals surface area contributed by atoms with Crippen molar-refractivity contribution in [2.75, 3.05) is 24.7 Å². The lowest BCUT2D eigenvalue weighted by atomic mass is 10.2. The van der Waals surface area contributed by atoms with Crippen LogP contribution in [0.25, 0.3) is 0 Å². The van der Waals surface area contributed by atoms with E-state index in [-0.39, 0.29) is 5.91 Å². The fraction of sp³-hybridized carbons (Fsp3) is 0.357. The zero-order valence-corrected chi connectivity index (χ0v) is 14.1. The van der Waals surface area contributed by atoms with E-state index >= 15 is 0 Å². The summed E-state index contributed by atoms with van der Waals surface area (Å²) in [4.78, 5) is 10.8. The molecule has 118 valence electrons. The highest BCUT2D eigenvalue weighted by molar-refractivity contribution is 8.01. The van der Waals surface area contributed by atoms with Crippen LogP contribution >= 0.6 is 23.1 Å². The van der Waals surface area contributed by atoms with Crippen LogP contribution in [0.3, 0.4) is 0 Å². The highest BCUT2D eigenvalue weighted by atomic mass is 32.2. The summed E-state index contributed by atoms with van der Waals surface area (Å²) in [5.41, 5.74) is 1.15. The van der Waals surface area contributed by atoms with Crippen molar-refractivity contribution in [3.8, 4) is 5.75 Å². The molecule has 0 unspecified atom stereocenters. The minimum Gasteiger partial charge on any atom is -0.497 e. The van der Waals surface area contributed by atoms with Crippen molar-refractivity contribution < 1.29 is 9.53 Å². The molecule has 0 bridgehead atoms. The molecule has 1 aromatic heterocycles. The number of anilines is 1. The zero-order chi connectivity index (χ0) is 15.8. The molecular weight excluding hydrogens is 320 g/mol. The van der Waals surface area contributed by atoms with Gasteiger partial charge in [0.1, 0.15) is 5.75 Å². The number of carbonyl (C=O) groups is 1. The maximum absolute atomic E-state index is 10.8. The van der Waals surface area contributed by atoms with Crippen LogP contribution in [0.2, 0.25) is 0 Å². The number of hydrogen-bond acceptors (Lipinski definition) is 7. The van der Waals surface area contributed by atoms with E-state index in [9.17, 15) is 4.79 Å². The molecule has 6 nitrogen and oxygen atoms in total. The quantitative estimate of drug-likeness (QED) is 0.568. The lowest BCUT2D eigenvalue weighted by Gasteiger charge is -2.03. The van der Waals surface area contributed by atoms with Gasteiger partial charge in [-0.3, -0.25) is 4.79 Å². The first-order valence-electron chi connectivity index (χ1n) is 6.75. The maximum Gasteiger partial charge on any atom is 0.216 e. The minimum absolute atomic E-state index is 0.0142. The van der Waals surface area contributed by atoms with E-state index in [4.69, 9.17) is 4.74 Å². The van der Waals surface area contributed by atoms with Crippen molar-refractivity contribution in [2.45, 2.75) is 17.8 Å². The third-order valence-electron chi connectivity index (χ3n) is 2.71. The first-order chi connectivity index (χ1) is 10.7. The molecule has 2 aromatic rings. The van der Waals surface area contributed by atoms with Gasteiger partial charge in [-0.05, 0) is 17.7 Å². The zero-order valence-electron chi connectivity index (χ0n) is 12.5. The Morgan fingerprint density at radius 1 is 1.32 bits per heavy atom. The molecule has 0 aliphatic heterocycles. The minimum atomic E-state index is -0.0142. The monoisotopic (exact) mass is 338 g/mol. The second-order valence-corrected chi connectivity index (χ2v) is 6.73. The van der Waals surface area contributed by atoms with Gasteiger partial charge in [0, 0.05) is 25.8 Å². The van der Waals surface area contributed by atoms with Crippen LogP contribution in [-0.2, 0) is 11.3 Å². The molecule has 0 spiro atoms. The summed E-state index contributed by atoms with van der Waals surface area (Å²) in [6, 6.07) is 7.88. The normalized spacial score (nSPS) is 10.3. The molecule has 0 atom stereocenters. The summed E-state index contributed by atoms with van der Waals surface area (Å²) in [7, 11) is 1.65. The molecule has 1 heterocycles. The van der Waals surface area contributed by atoms with Crippen molar-refractivity contribution in [2.24, 2.45) is 0 Å². The Labute approximate surface area is 137 Å². The largest absolute Gasteiger partial charge is 0.497 e. The van der Waals surface area contributed by atoms with Gasteiger partial charge in [-0.25, -0.2) is 0 Å².